The van der Waals surface area contributed by atoms with Gasteiger partial charge in [-0.2, -0.15) is 0 Å². The van der Waals surface area contributed by atoms with Gasteiger partial charge in [-0.1, -0.05) is 18.2 Å². The van der Waals surface area contributed by atoms with Crippen molar-refractivity contribution in [3.63, 3.8) is 0 Å². The molecule has 0 bridgehead atoms. The minimum atomic E-state index is -0.489. The van der Waals surface area contributed by atoms with Crippen LogP contribution in [0.2, 0.25) is 0 Å². The number of hydrogen-bond acceptors (Lipinski definition) is 3. The number of hydrogen-bond donors (Lipinski definition) is 2. The predicted octanol–water partition coefficient (Wildman–Crippen LogP) is 3.11. The zero-order valence-corrected chi connectivity index (χ0v) is 13.2. The SMILES string of the molecule is CC(C)(C)OC(=O)NCC=Cc1ccc2c(c1)CCC(=O)N2. The number of aryl methyl sites for hydroxylation is 1. The van der Waals surface area contributed by atoms with Crippen LogP contribution in [0.15, 0.2) is 24.3 Å². The number of nitrogens with one attached hydrogen (secondary N) is 2. The lowest BCUT2D eigenvalue weighted by Crippen LogP contribution is -2.32. The minimum Gasteiger partial charge on any atom is -0.444 e. The summed E-state index contributed by atoms with van der Waals surface area (Å²) in [4.78, 5) is 22.8. The number of alkyl carbamates (subject to hydrolysis) is 1. The average Bonchev–Trinajstić information content (AvgIpc) is 2.41. The van der Waals surface area contributed by atoms with Crippen molar-refractivity contribution in [3.05, 3.63) is 35.4 Å². The van der Waals surface area contributed by atoms with Gasteiger partial charge < -0.3 is 15.4 Å². The van der Waals surface area contributed by atoms with E-state index in [1.165, 1.54) is 0 Å². The van der Waals surface area contributed by atoms with E-state index >= 15 is 0 Å². The lowest BCUT2D eigenvalue weighted by molar-refractivity contribution is -0.116. The Morgan fingerprint density at radius 2 is 2.14 bits per heavy atom. The van der Waals surface area contributed by atoms with E-state index in [1.54, 1.807) is 0 Å². The van der Waals surface area contributed by atoms with E-state index < -0.39 is 11.7 Å². The summed E-state index contributed by atoms with van der Waals surface area (Å²) in [6.45, 7) is 5.89. The first-order valence-corrected chi connectivity index (χ1v) is 7.40. The van der Waals surface area contributed by atoms with Gasteiger partial charge in [0.1, 0.15) is 5.60 Å². The van der Waals surface area contributed by atoms with Gasteiger partial charge in [0.15, 0.2) is 0 Å². The van der Waals surface area contributed by atoms with Crippen LogP contribution in [0.3, 0.4) is 0 Å². The van der Waals surface area contributed by atoms with E-state index in [0.717, 1.165) is 23.2 Å². The Labute approximate surface area is 130 Å². The van der Waals surface area contributed by atoms with E-state index in [-0.39, 0.29) is 5.91 Å². The molecule has 0 saturated heterocycles. The number of amides is 2. The largest absolute Gasteiger partial charge is 0.444 e. The molecular formula is C17H22N2O3. The summed E-state index contributed by atoms with van der Waals surface area (Å²) in [7, 11) is 0. The summed E-state index contributed by atoms with van der Waals surface area (Å²) < 4.78 is 5.15. The molecule has 1 aromatic rings. The Morgan fingerprint density at radius 1 is 1.36 bits per heavy atom. The van der Waals surface area contributed by atoms with E-state index in [9.17, 15) is 9.59 Å². The van der Waals surface area contributed by atoms with Crippen LogP contribution in [0, 0.1) is 0 Å². The molecule has 0 aromatic heterocycles. The highest BCUT2D eigenvalue weighted by Gasteiger charge is 2.15. The Hall–Kier alpha value is -2.30. The van der Waals surface area contributed by atoms with Crippen molar-refractivity contribution in [2.24, 2.45) is 0 Å². The normalized spacial score (nSPS) is 14.4. The van der Waals surface area contributed by atoms with Gasteiger partial charge in [0.05, 0.1) is 0 Å². The second-order valence-corrected chi connectivity index (χ2v) is 6.25. The van der Waals surface area contributed by atoms with E-state index in [4.69, 9.17) is 4.74 Å². The Kier molecular flexibility index (Phi) is 4.85. The molecule has 0 fully saturated rings. The third-order valence-electron chi connectivity index (χ3n) is 3.10. The molecule has 1 aliphatic rings. The van der Waals surface area contributed by atoms with Crippen molar-refractivity contribution < 1.29 is 14.3 Å². The van der Waals surface area contributed by atoms with Crippen LogP contribution in [0.1, 0.15) is 38.3 Å². The summed E-state index contributed by atoms with van der Waals surface area (Å²) >= 11 is 0. The monoisotopic (exact) mass is 302 g/mol. The fourth-order valence-corrected chi connectivity index (χ4v) is 2.16. The molecule has 5 nitrogen and oxygen atoms in total. The van der Waals surface area contributed by atoms with Crippen LogP contribution in [0.5, 0.6) is 0 Å². The van der Waals surface area contributed by atoms with Gasteiger partial charge in [0, 0.05) is 18.7 Å². The lowest BCUT2D eigenvalue weighted by atomic mass is 10.0. The molecule has 0 saturated carbocycles. The predicted molar refractivity (Wildman–Crippen MR) is 86.7 cm³/mol. The molecule has 1 heterocycles. The molecule has 0 unspecified atom stereocenters. The van der Waals surface area contributed by atoms with Crippen molar-refractivity contribution in [1.82, 2.24) is 5.32 Å². The quantitative estimate of drug-likeness (QED) is 0.901. The first-order chi connectivity index (χ1) is 10.3. The van der Waals surface area contributed by atoms with E-state index in [1.807, 2.05) is 45.1 Å². The van der Waals surface area contributed by atoms with Gasteiger partial charge in [-0.3, -0.25) is 4.79 Å². The molecule has 5 heteroatoms. The van der Waals surface area contributed by atoms with Crippen LogP contribution >= 0.6 is 0 Å². The van der Waals surface area contributed by atoms with Gasteiger partial charge >= 0.3 is 6.09 Å². The molecule has 2 rings (SSSR count). The highest BCUT2D eigenvalue weighted by atomic mass is 16.6. The molecule has 2 N–H and O–H groups in total. The van der Waals surface area contributed by atoms with Crippen LogP contribution in [0.25, 0.3) is 6.08 Å². The minimum absolute atomic E-state index is 0.0670. The third-order valence-corrected chi connectivity index (χ3v) is 3.10. The Morgan fingerprint density at radius 3 is 2.86 bits per heavy atom. The number of anilines is 1. The van der Waals surface area contributed by atoms with Crippen LogP contribution in [0.4, 0.5) is 10.5 Å². The first-order valence-electron chi connectivity index (χ1n) is 7.40. The van der Waals surface area contributed by atoms with Crippen molar-refractivity contribution in [3.8, 4) is 0 Å². The summed E-state index contributed by atoms with van der Waals surface area (Å²) in [5.41, 5.74) is 2.58. The zero-order valence-electron chi connectivity index (χ0n) is 13.2. The maximum absolute atomic E-state index is 11.5. The second kappa shape index (κ2) is 6.64. The molecule has 0 aliphatic carbocycles. The molecule has 0 radical (unpaired) electrons. The smallest absolute Gasteiger partial charge is 0.407 e. The molecule has 22 heavy (non-hydrogen) atoms. The number of carbonyl (C=O) groups excluding carboxylic acids is 2. The number of rotatable bonds is 3. The van der Waals surface area contributed by atoms with Gasteiger partial charge in [0.25, 0.3) is 0 Å². The topological polar surface area (TPSA) is 67.4 Å². The molecular weight excluding hydrogens is 280 g/mol. The third kappa shape index (κ3) is 4.91. The molecule has 118 valence electrons. The number of carbonyl (C=O) groups is 2. The fourth-order valence-electron chi connectivity index (χ4n) is 2.16. The van der Waals surface area contributed by atoms with Gasteiger partial charge in [0.2, 0.25) is 5.91 Å². The van der Waals surface area contributed by atoms with Crippen molar-refractivity contribution in [2.45, 2.75) is 39.2 Å². The highest BCUT2D eigenvalue weighted by molar-refractivity contribution is 5.94. The number of benzene rings is 1. The maximum atomic E-state index is 11.5. The molecule has 1 aromatic carbocycles. The number of ether oxygens (including phenoxy) is 1. The van der Waals surface area contributed by atoms with Crippen molar-refractivity contribution >= 4 is 23.8 Å². The molecule has 1 aliphatic heterocycles. The van der Waals surface area contributed by atoms with Gasteiger partial charge in [-0.15, -0.1) is 0 Å². The highest BCUT2D eigenvalue weighted by Crippen LogP contribution is 2.23. The van der Waals surface area contributed by atoms with Crippen LogP contribution in [-0.2, 0) is 16.0 Å². The van der Waals surface area contributed by atoms with Gasteiger partial charge in [-0.05, 0) is 50.5 Å². The number of fused-ring (bicyclic) bond motifs is 1. The standard InChI is InChI=1S/C17H22N2O3/c1-17(2,3)22-16(21)18-10-4-5-12-6-8-14-13(11-12)7-9-15(20)19-14/h4-6,8,11H,7,9-10H2,1-3H3,(H,18,21)(H,19,20). The summed E-state index contributed by atoms with van der Waals surface area (Å²) in [6, 6.07) is 5.90. The van der Waals surface area contributed by atoms with E-state index in [0.29, 0.717) is 13.0 Å². The summed E-state index contributed by atoms with van der Waals surface area (Å²) in [5.74, 6) is 0.0670. The molecule has 0 atom stereocenters. The molecule has 0 spiro atoms. The van der Waals surface area contributed by atoms with Crippen LogP contribution in [-0.4, -0.2) is 24.1 Å². The summed E-state index contributed by atoms with van der Waals surface area (Å²) in [6.07, 6.45) is 4.67. The second-order valence-electron chi connectivity index (χ2n) is 6.25. The van der Waals surface area contributed by atoms with Crippen LogP contribution < -0.4 is 10.6 Å². The lowest BCUT2D eigenvalue weighted by Gasteiger charge is -2.19. The molecule has 2 amide bonds. The Bertz CT molecular complexity index is 600. The fraction of sp³-hybridized carbons (Fsp3) is 0.412. The van der Waals surface area contributed by atoms with E-state index in [2.05, 4.69) is 16.7 Å². The van der Waals surface area contributed by atoms with Gasteiger partial charge in [-0.25, -0.2) is 4.79 Å². The average molecular weight is 302 g/mol. The van der Waals surface area contributed by atoms with Crippen molar-refractivity contribution in [1.29, 1.82) is 0 Å². The summed E-state index contributed by atoms with van der Waals surface area (Å²) in [5, 5.41) is 5.53. The van der Waals surface area contributed by atoms with Crippen molar-refractivity contribution in [2.75, 3.05) is 11.9 Å². The maximum Gasteiger partial charge on any atom is 0.407 e. The zero-order chi connectivity index (χ0) is 16.2. The Balaban J connectivity index is 1.86. The first kappa shape index (κ1) is 16.1.